The summed E-state index contributed by atoms with van der Waals surface area (Å²) in [7, 11) is 1.66. The molecule has 1 aromatic rings. The summed E-state index contributed by atoms with van der Waals surface area (Å²) >= 11 is 0. The first-order valence-corrected chi connectivity index (χ1v) is 5.75. The zero-order valence-electron chi connectivity index (χ0n) is 9.85. The lowest BCUT2D eigenvalue weighted by molar-refractivity contribution is -0.131. The van der Waals surface area contributed by atoms with Gasteiger partial charge in [0.05, 0.1) is 7.11 Å². The molecule has 1 aliphatic carbocycles. The molecule has 0 aromatic heterocycles. The molecule has 2 rings (SSSR count). The van der Waals surface area contributed by atoms with Crippen LogP contribution in [0.4, 0.5) is 0 Å². The third-order valence-corrected chi connectivity index (χ3v) is 3.22. The molecule has 3 heteroatoms. The van der Waals surface area contributed by atoms with Crippen molar-refractivity contribution in [3.05, 3.63) is 41.5 Å². The van der Waals surface area contributed by atoms with Crippen molar-refractivity contribution in [3.63, 3.8) is 0 Å². The Morgan fingerprint density at radius 2 is 2.35 bits per heavy atom. The molecule has 0 spiro atoms. The lowest BCUT2D eigenvalue weighted by Gasteiger charge is -2.10. The van der Waals surface area contributed by atoms with E-state index in [1.807, 2.05) is 18.2 Å². The second kappa shape index (κ2) is 5.04. The van der Waals surface area contributed by atoms with Crippen molar-refractivity contribution in [2.75, 3.05) is 7.11 Å². The van der Waals surface area contributed by atoms with Gasteiger partial charge in [-0.3, -0.25) is 0 Å². The van der Waals surface area contributed by atoms with Crippen molar-refractivity contribution in [2.45, 2.75) is 25.2 Å². The Morgan fingerprint density at radius 3 is 3.06 bits per heavy atom. The average Bonchev–Trinajstić information content (AvgIpc) is 2.77. The van der Waals surface area contributed by atoms with Gasteiger partial charge in [-0.05, 0) is 42.9 Å². The Bertz CT molecular complexity index is 449. The SMILES string of the molecule is COc1cccc(C2CC/C(=C\C(=O)O)C2)c1. The van der Waals surface area contributed by atoms with E-state index < -0.39 is 5.97 Å². The van der Waals surface area contributed by atoms with Gasteiger partial charge in [-0.1, -0.05) is 17.7 Å². The molecule has 1 unspecified atom stereocenters. The molecule has 1 saturated carbocycles. The van der Waals surface area contributed by atoms with Crippen LogP contribution in [-0.4, -0.2) is 18.2 Å². The van der Waals surface area contributed by atoms with Crippen LogP contribution in [0.3, 0.4) is 0 Å². The van der Waals surface area contributed by atoms with Crippen molar-refractivity contribution in [2.24, 2.45) is 0 Å². The fourth-order valence-corrected chi connectivity index (χ4v) is 2.37. The minimum Gasteiger partial charge on any atom is -0.497 e. The smallest absolute Gasteiger partial charge is 0.328 e. The van der Waals surface area contributed by atoms with Crippen LogP contribution in [0.5, 0.6) is 5.75 Å². The van der Waals surface area contributed by atoms with E-state index in [0.717, 1.165) is 30.6 Å². The number of ether oxygens (including phenoxy) is 1. The molecule has 1 N–H and O–H groups in total. The fourth-order valence-electron chi connectivity index (χ4n) is 2.37. The number of hydrogen-bond acceptors (Lipinski definition) is 2. The van der Waals surface area contributed by atoms with Crippen molar-refractivity contribution in [1.82, 2.24) is 0 Å². The minimum absolute atomic E-state index is 0.427. The highest BCUT2D eigenvalue weighted by atomic mass is 16.5. The maximum Gasteiger partial charge on any atom is 0.328 e. The lowest BCUT2D eigenvalue weighted by Crippen LogP contribution is -1.94. The molecule has 1 atom stereocenters. The first-order valence-electron chi connectivity index (χ1n) is 5.75. The van der Waals surface area contributed by atoms with Crippen molar-refractivity contribution in [3.8, 4) is 5.75 Å². The van der Waals surface area contributed by atoms with E-state index in [0.29, 0.717) is 5.92 Å². The van der Waals surface area contributed by atoms with E-state index in [9.17, 15) is 4.79 Å². The number of carbonyl (C=O) groups is 1. The van der Waals surface area contributed by atoms with Crippen molar-refractivity contribution >= 4 is 5.97 Å². The highest BCUT2D eigenvalue weighted by molar-refractivity contribution is 5.80. The van der Waals surface area contributed by atoms with Gasteiger partial charge in [-0.25, -0.2) is 4.79 Å². The molecule has 0 aliphatic heterocycles. The number of aliphatic carboxylic acids is 1. The Balaban J connectivity index is 2.12. The molecule has 1 fully saturated rings. The average molecular weight is 232 g/mol. The highest BCUT2D eigenvalue weighted by Crippen LogP contribution is 2.38. The van der Waals surface area contributed by atoms with Crippen LogP contribution in [0.2, 0.25) is 0 Å². The topological polar surface area (TPSA) is 46.5 Å². The summed E-state index contributed by atoms with van der Waals surface area (Å²) in [6.07, 6.45) is 4.10. The second-order valence-corrected chi connectivity index (χ2v) is 4.36. The molecular weight excluding hydrogens is 216 g/mol. The van der Waals surface area contributed by atoms with Crippen molar-refractivity contribution < 1.29 is 14.6 Å². The zero-order valence-corrected chi connectivity index (χ0v) is 9.85. The predicted octanol–water partition coefficient (Wildman–Crippen LogP) is 2.97. The number of hydrogen-bond donors (Lipinski definition) is 1. The fraction of sp³-hybridized carbons (Fsp3) is 0.357. The molecule has 90 valence electrons. The van der Waals surface area contributed by atoms with E-state index in [1.54, 1.807) is 7.11 Å². The molecule has 0 bridgehead atoms. The lowest BCUT2D eigenvalue weighted by atomic mass is 9.97. The number of rotatable bonds is 3. The molecule has 3 nitrogen and oxygen atoms in total. The van der Waals surface area contributed by atoms with Gasteiger partial charge in [0.1, 0.15) is 5.75 Å². The molecule has 1 aromatic carbocycles. The van der Waals surface area contributed by atoms with Crippen LogP contribution in [-0.2, 0) is 4.79 Å². The summed E-state index contributed by atoms with van der Waals surface area (Å²) in [5.41, 5.74) is 2.27. The Hall–Kier alpha value is -1.77. The first kappa shape index (κ1) is 11.7. The molecule has 0 saturated heterocycles. The molecular formula is C14H16O3. The molecule has 0 radical (unpaired) electrons. The van der Waals surface area contributed by atoms with Crippen LogP contribution in [0.15, 0.2) is 35.9 Å². The van der Waals surface area contributed by atoms with E-state index in [1.165, 1.54) is 11.6 Å². The Labute approximate surface area is 101 Å². The summed E-state index contributed by atoms with van der Waals surface area (Å²) in [5.74, 6) is 0.445. The maximum atomic E-state index is 10.6. The number of carboxylic acid groups (broad SMARTS) is 1. The summed E-state index contributed by atoms with van der Waals surface area (Å²) in [4.78, 5) is 10.6. The number of allylic oxidation sites excluding steroid dienone is 1. The van der Waals surface area contributed by atoms with Gasteiger partial charge in [-0.15, -0.1) is 0 Å². The molecule has 1 aliphatic rings. The highest BCUT2D eigenvalue weighted by Gasteiger charge is 2.21. The van der Waals surface area contributed by atoms with Gasteiger partial charge in [-0.2, -0.15) is 0 Å². The Kier molecular flexibility index (Phi) is 3.47. The molecule has 0 amide bonds. The number of benzene rings is 1. The number of methoxy groups -OCH3 is 1. The maximum absolute atomic E-state index is 10.6. The minimum atomic E-state index is -0.841. The predicted molar refractivity (Wildman–Crippen MR) is 65.3 cm³/mol. The molecule has 0 heterocycles. The second-order valence-electron chi connectivity index (χ2n) is 4.36. The van der Waals surface area contributed by atoms with Gasteiger partial charge in [0.15, 0.2) is 0 Å². The van der Waals surface area contributed by atoms with E-state index in [-0.39, 0.29) is 0 Å². The van der Waals surface area contributed by atoms with Gasteiger partial charge in [0.2, 0.25) is 0 Å². The Morgan fingerprint density at radius 1 is 1.53 bits per heavy atom. The third kappa shape index (κ3) is 2.87. The summed E-state index contributed by atoms with van der Waals surface area (Å²) in [6.45, 7) is 0. The third-order valence-electron chi connectivity index (χ3n) is 3.22. The summed E-state index contributed by atoms with van der Waals surface area (Å²) < 4.78 is 5.20. The van der Waals surface area contributed by atoms with Gasteiger partial charge >= 0.3 is 5.97 Å². The zero-order chi connectivity index (χ0) is 12.3. The van der Waals surface area contributed by atoms with Crippen LogP contribution in [0.1, 0.15) is 30.7 Å². The quantitative estimate of drug-likeness (QED) is 0.815. The summed E-state index contributed by atoms with van der Waals surface area (Å²) in [6, 6.07) is 8.02. The van der Waals surface area contributed by atoms with Crippen LogP contribution >= 0.6 is 0 Å². The van der Waals surface area contributed by atoms with Crippen LogP contribution in [0.25, 0.3) is 0 Å². The van der Waals surface area contributed by atoms with E-state index in [2.05, 4.69) is 6.07 Å². The standard InChI is InChI=1S/C14H16O3/c1-17-13-4-2-3-11(9-13)12-6-5-10(7-12)8-14(15)16/h2-4,8-9,12H,5-7H2,1H3,(H,15,16)/b10-8+. The van der Waals surface area contributed by atoms with Crippen LogP contribution in [0, 0.1) is 0 Å². The van der Waals surface area contributed by atoms with Crippen molar-refractivity contribution in [1.29, 1.82) is 0 Å². The number of carboxylic acids is 1. The molecule has 17 heavy (non-hydrogen) atoms. The monoisotopic (exact) mass is 232 g/mol. The summed E-state index contributed by atoms with van der Waals surface area (Å²) in [5, 5.41) is 8.72. The first-order chi connectivity index (χ1) is 8.19. The largest absolute Gasteiger partial charge is 0.497 e. The van der Waals surface area contributed by atoms with Gasteiger partial charge in [0, 0.05) is 6.08 Å². The van der Waals surface area contributed by atoms with Gasteiger partial charge < -0.3 is 9.84 Å². The van der Waals surface area contributed by atoms with E-state index >= 15 is 0 Å². The normalized spacial score (nSPS) is 21.7. The van der Waals surface area contributed by atoms with E-state index in [4.69, 9.17) is 9.84 Å². The van der Waals surface area contributed by atoms with Crippen LogP contribution < -0.4 is 4.74 Å². The van der Waals surface area contributed by atoms with Gasteiger partial charge in [0.25, 0.3) is 0 Å².